The van der Waals surface area contributed by atoms with E-state index in [1.807, 2.05) is 24.4 Å². The van der Waals surface area contributed by atoms with Gasteiger partial charge in [-0.2, -0.15) is 0 Å². The molecule has 0 amide bonds. The van der Waals surface area contributed by atoms with Crippen LogP contribution in [0.2, 0.25) is 0 Å². The van der Waals surface area contributed by atoms with Gasteiger partial charge in [-0.3, -0.25) is 9.88 Å². The lowest BCUT2D eigenvalue weighted by Crippen LogP contribution is -2.20. The second-order valence-corrected chi connectivity index (χ2v) is 6.07. The minimum atomic E-state index is 0.386. The van der Waals surface area contributed by atoms with E-state index in [1.54, 1.807) is 0 Å². The Hall–Kier alpha value is -2.20. The Morgan fingerprint density at radius 2 is 2.23 bits per heavy atom. The molecule has 0 spiro atoms. The van der Waals surface area contributed by atoms with Crippen LogP contribution in [0, 0.1) is 6.92 Å². The first-order chi connectivity index (χ1) is 10.8. The zero-order valence-electron chi connectivity index (χ0n) is 12.7. The number of oxazole rings is 1. The van der Waals surface area contributed by atoms with Gasteiger partial charge in [0.1, 0.15) is 5.52 Å². The molecule has 4 rings (SSSR count). The molecule has 0 bridgehead atoms. The van der Waals surface area contributed by atoms with E-state index < -0.39 is 0 Å². The lowest BCUT2D eigenvalue weighted by atomic mass is 10.1. The van der Waals surface area contributed by atoms with E-state index in [4.69, 9.17) is 4.42 Å². The number of fused-ring (bicyclic) bond motifs is 1. The van der Waals surface area contributed by atoms with Gasteiger partial charge in [0.25, 0.3) is 0 Å². The van der Waals surface area contributed by atoms with Crippen molar-refractivity contribution in [3.8, 4) is 0 Å². The average molecular weight is 293 g/mol. The van der Waals surface area contributed by atoms with E-state index in [9.17, 15) is 0 Å². The first kappa shape index (κ1) is 13.5. The third-order valence-corrected chi connectivity index (χ3v) is 4.29. The highest BCUT2D eigenvalue weighted by molar-refractivity contribution is 5.73. The predicted octanol–water partition coefficient (Wildman–Crippen LogP) is 3.52. The van der Waals surface area contributed by atoms with E-state index in [2.05, 4.69) is 40.0 Å². The molecule has 0 saturated carbocycles. The summed E-state index contributed by atoms with van der Waals surface area (Å²) in [6.07, 6.45) is 2.95. The number of likely N-dealkylation sites (tertiary alicyclic amines) is 1. The van der Waals surface area contributed by atoms with Crippen molar-refractivity contribution in [2.24, 2.45) is 0 Å². The van der Waals surface area contributed by atoms with Gasteiger partial charge < -0.3 is 4.42 Å². The molecule has 1 aliphatic rings. The van der Waals surface area contributed by atoms with Gasteiger partial charge in [0.2, 0.25) is 0 Å². The van der Waals surface area contributed by atoms with Gasteiger partial charge >= 0.3 is 0 Å². The van der Waals surface area contributed by atoms with Crippen LogP contribution in [-0.2, 0) is 6.54 Å². The molecule has 1 fully saturated rings. The zero-order valence-corrected chi connectivity index (χ0v) is 12.7. The van der Waals surface area contributed by atoms with Crippen molar-refractivity contribution in [2.45, 2.75) is 25.8 Å². The topological polar surface area (TPSA) is 42.2 Å². The number of pyridine rings is 1. The average Bonchev–Trinajstić information content (AvgIpc) is 3.14. The van der Waals surface area contributed by atoms with Crippen molar-refractivity contribution in [3.05, 3.63) is 59.7 Å². The van der Waals surface area contributed by atoms with Gasteiger partial charge in [-0.05, 0) is 49.7 Å². The van der Waals surface area contributed by atoms with Gasteiger partial charge in [0, 0.05) is 25.2 Å². The number of hydrogen-bond acceptors (Lipinski definition) is 4. The SMILES string of the molecule is Cc1ccc2oc([C@@H]3CCN(Cc4ccccn4)C3)nc2c1. The smallest absolute Gasteiger partial charge is 0.199 e. The molecule has 0 aliphatic carbocycles. The molecule has 4 heteroatoms. The van der Waals surface area contributed by atoms with Crippen LogP contribution in [-0.4, -0.2) is 28.0 Å². The lowest BCUT2D eigenvalue weighted by Gasteiger charge is -2.14. The Morgan fingerprint density at radius 1 is 1.27 bits per heavy atom. The second-order valence-electron chi connectivity index (χ2n) is 6.07. The van der Waals surface area contributed by atoms with Crippen molar-refractivity contribution in [1.29, 1.82) is 0 Å². The lowest BCUT2D eigenvalue weighted by molar-refractivity contribution is 0.317. The molecule has 3 aromatic rings. The normalized spacial score (nSPS) is 19.0. The van der Waals surface area contributed by atoms with E-state index in [1.165, 1.54) is 5.56 Å². The summed E-state index contributed by atoms with van der Waals surface area (Å²) in [5, 5.41) is 0. The predicted molar refractivity (Wildman–Crippen MR) is 85.6 cm³/mol. The van der Waals surface area contributed by atoms with Crippen molar-refractivity contribution in [2.75, 3.05) is 13.1 Å². The Balaban J connectivity index is 1.49. The van der Waals surface area contributed by atoms with E-state index in [0.717, 1.165) is 48.7 Å². The van der Waals surface area contributed by atoms with E-state index in [0.29, 0.717) is 5.92 Å². The standard InChI is InChI=1S/C18H19N3O/c1-13-5-6-17-16(10-13)20-18(22-17)14-7-9-21(11-14)12-15-4-2-3-8-19-15/h2-6,8,10,14H,7,9,11-12H2,1H3/t14-/m1/s1. The summed E-state index contributed by atoms with van der Waals surface area (Å²) in [5.41, 5.74) is 4.20. The highest BCUT2D eigenvalue weighted by Gasteiger charge is 2.27. The Labute approximate surface area is 129 Å². The third-order valence-electron chi connectivity index (χ3n) is 4.29. The molecular weight excluding hydrogens is 274 g/mol. The molecule has 22 heavy (non-hydrogen) atoms. The van der Waals surface area contributed by atoms with Gasteiger partial charge in [0.05, 0.1) is 5.69 Å². The fourth-order valence-corrected chi connectivity index (χ4v) is 3.13. The van der Waals surface area contributed by atoms with Crippen LogP contribution in [0.15, 0.2) is 47.0 Å². The number of benzene rings is 1. The van der Waals surface area contributed by atoms with Gasteiger partial charge in [0.15, 0.2) is 11.5 Å². The molecular formula is C18H19N3O. The number of aryl methyl sites for hydroxylation is 1. The van der Waals surface area contributed by atoms with Gasteiger partial charge in [-0.1, -0.05) is 12.1 Å². The van der Waals surface area contributed by atoms with Crippen LogP contribution < -0.4 is 0 Å². The van der Waals surface area contributed by atoms with Crippen molar-refractivity contribution in [1.82, 2.24) is 14.9 Å². The van der Waals surface area contributed by atoms with Crippen LogP contribution in [0.5, 0.6) is 0 Å². The monoisotopic (exact) mass is 293 g/mol. The molecule has 0 radical (unpaired) electrons. The number of rotatable bonds is 3. The molecule has 3 heterocycles. The summed E-state index contributed by atoms with van der Waals surface area (Å²) in [7, 11) is 0. The highest BCUT2D eigenvalue weighted by atomic mass is 16.3. The van der Waals surface area contributed by atoms with Crippen LogP contribution in [0.4, 0.5) is 0 Å². The Morgan fingerprint density at radius 3 is 3.09 bits per heavy atom. The Bertz CT molecular complexity index is 781. The van der Waals surface area contributed by atoms with Crippen LogP contribution in [0.1, 0.15) is 29.5 Å². The minimum Gasteiger partial charge on any atom is -0.440 e. The molecule has 1 aliphatic heterocycles. The minimum absolute atomic E-state index is 0.386. The molecule has 1 aromatic carbocycles. The second kappa shape index (κ2) is 5.54. The molecule has 112 valence electrons. The van der Waals surface area contributed by atoms with E-state index in [-0.39, 0.29) is 0 Å². The summed E-state index contributed by atoms with van der Waals surface area (Å²) in [5.74, 6) is 1.26. The molecule has 0 N–H and O–H groups in total. The Kier molecular flexibility index (Phi) is 3.39. The maximum atomic E-state index is 5.95. The first-order valence-electron chi connectivity index (χ1n) is 7.77. The summed E-state index contributed by atoms with van der Waals surface area (Å²) in [4.78, 5) is 11.5. The number of nitrogens with zero attached hydrogens (tertiary/aromatic N) is 3. The van der Waals surface area contributed by atoms with Crippen molar-refractivity contribution in [3.63, 3.8) is 0 Å². The molecule has 1 atom stereocenters. The molecule has 1 saturated heterocycles. The van der Waals surface area contributed by atoms with Crippen LogP contribution >= 0.6 is 0 Å². The molecule has 2 aromatic heterocycles. The van der Waals surface area contributed by atoms with Gasteiger partial charge in [-0.25, -0.2) is 4.98 Å². The van der Waals surface area contributed by atoms with Crippen molar-refractivity contribution >= 4 is 11.1 Å². The zero-order chi connectivity index (χ0) is 14.9. The highest BCUT2D eigenvalue weighted by Crippen LogP contribution is 2.30. The van der Waals surface area contributed by atoms with Crippen molar-refractivity contribution < 1.29 is 4.42 Å². The fourth-order valence-electron chi connectivity index (χ4n) is 3.13. The van der Waals surface area contributed by atoms with Crippen LogP contribution in [0.3, 0.4) is 0 Å². The fraction of sp³-hybridized carbons (Fsp3) is 0.333. The third kappa shape index (κ3) is 2.62. The van der Waals surface area contributed by atoms with Crippen LogP contribution in [0.25, 0.3) is 11.1 Å². The molecule has 0 unspecified atom stereocenters. The number of aromatic nitrogens is 2. The summed E-state index contributed by atoms with van der Waals surface area (Å²) in [6.45, 7) is 5.04. The maximum absolute atomic E-state index is 5.95. The summed E-state index contributed by atoms with van der Waals surface area (Å²) < 4.78 is 5.95. The summed E-state index contributed by atoms with van der Waals surface area (Å²) in [6, 6.07) is 12.2. The maximum Gasteiger partial charge on any atom is 0.199 e. The van der Waals surface area contributed by atoms with Gasteiger partial charge in [-0.15, -0.1) is 0 Å². The number of hydrogen-bond donors (Lipinski definition) is 0. The first-order valence-corrected chi connectivity index (χ1v) is 7.77. The summed E-state index contributed by atoms with van der Waals surface area (Å²) >= 11 is 0. The molecule has 4 nitrogen and oxygen atoms in total. The quantitative estimate of drug-likeness (QED) is 0.741. The largest absolute Gasteiger partial charge is 0.440 e. The van der Waals surface area contributed by atoms with E-state index >= 15 is 0 Å².